The second-order valence-corrected chi connectivity index (χ2v) is 14.1. The molecule has 9 heteroatoms. The maximum Gasteiger partial charge on any atom is 0.347 e. The summed E-state index contributed by atoms with van der Waals surface area (Å²) >= 11 is 1.16. The molecule has 2 aromatic rings. The fraction of sp³-hybridized carbons (Fsp3) is 0.421. The number of benzene rings is 1. The van der Waals surface area contributed by atoms with Crippen molar-refractivity contribution < 1.29 is 14.7 Å². The quantitative estimate of drug-likeness (QED) is 0.745. The molecule has 0 aliphatic carbocycles. The van der Waals surface area contributed by atoms with Crippen LogP contribution in [0.1, 0.15) is 16.6 Å². The Balaban J connectivity index is 1.60. The number of hydrogen-bond acceptors (Lipinski definition) is 5. The van der Waals surface area contributed by atoms with Gasteiger partial charge in [-0.05, 0) is 19.1 Å². The Bertz CT molecular complexity index is 863. The lowest BCUT2D eigenvalue weighted by atomic mass is 10.2. The number of carbonyl (C=O) groups excluding carboxylic acids is 1. The number of aromatic nitrogens is 1. The van der Waals surface area contributed by atoms with Crippen LogP contribution >= 0.6 is 11.3 Å². The number of nitrogens with zero attached hydrogens (tertiary/aromatic N) is 3. The topological polar surface area (TPSA) is 85.8 Å². The lowest BCUT2D eigenvalue weighted by Crippen LogP contribution is -2.55. The van der Waals surface area contributed by atoms with Gasteiger partial charge in [-0.1, -0.05) is 48.3 Å². The molecular weight excluding hydrogens is 392 g/mol. The third kappa shape index (κ3) is 4.53. The number of carbonyl (C=O) groups is 2. The average Bonchev–Trinajstić information content (AvgIpc) is 3.11. The molecular formula is C19H26N4O3SSi. The molecule has 1 aliphatic rings. The van der Waals surface area contributed by atoms with Crippen molar-refractivity contribution in [2.45, 2.75) is 32.6 Å². The van der Waals surface area contributed by atoms with Gasteiger partial charge in [-0.3, -0.25) is 0 Å². The molecule has 150 valence electrons. The number of rotatable bonds is 4. The van der Waals surface area contributed by atoms with Gasteiger partial charge in [0.2, 0.25) is 0 Å². The number of hydrogen-bond donors (Lipinski definition) is 2. The molecule has 2 heterocycles. The van der Waals surface area contributed by atoms with E-state index in [1.165, 1.54) is 11.4 Å². The van der Waals surface area contributed by atoms with Crippen molar-refractivity contribution in [2.24, 2.45) is 0 Å². The van der Waals surface area contributed by atoms with Crippen molar-refractivity contribution in [3.8, 4) is 0 Å². The molecule has 28 heavy (non-hydrogen) atoms. The highest BCUT2D eigenvalue weighted by Gasteiger charge is 2.29. The lowest BCUT2D eigenvalue weighted by molar-refractivity contribution is 0.0702. The normalized spacial score (nSPS) is 17.5. The zero-order valence-electron chi connectivity index (χ0n) is 16.6. The number of piperazine rings is 1. The number of carboxylic acids is 1. The molecule has 2 amide bonds. The summed E-state index contributed by atoms with van der Waals surface area (Å²) in [6, 6.07) is 8.02. The zero-order chi connectivity index (χ0) is 20.5. The van der Waals surface area contributed by atoms with E-state index in [2.05, 4.69) is 42.1 Å². The minimum atomic E-state index is -1.36. The maximum atomic E-state index is 12.7. The summed E-state index contributed by atoms with van der Waals surface area (Å²) in [4.78, 5) is 32.0. The molecule has 1 saturated heterocycles. The van der Waals surface area contributed by atoms with E-state index >= 15 is 0 Å². The van der Waals surface area contributed by atoms with Gasteiger partial charge in [0.15, 0.2) is 5.13 Å². The summed E-state index contributed by atoms with van der Waals surface area (Å²) in [6.45, 7) is 10.7. The second-order valence-electron chi connectivity index (χ2n) is 8.06. The highest BCUT2D eigenvalue weighted by molar-refractivity contribution is 7.17. The van der Waals surface area contributed by atoms with E-state index in [0.29, 0.717) is 24.8 Å². The van der Waals surface area contributed by atoms with Crippen LogP contribution in [0.5, 0.6) is 0 Å². The molecule has 3 rings (SSSR count). The molecule has 1 aromatic heterocycles. The lowest BCUT2D eigenvalue weighted by Gasteiger charge is -2.39. The summed E-state index contributed by atoms with van der Waals surface area (Å²) in [6.07, 6.45) is 1.39. The predicted molar refractivity (Wildman–Crippen MR) is 116 cm³/mol. The van der Waals surface area contributed by atoms with Crippen LogP contribution in [-0.4, -0.2) is 60.7 Å². The molecule has 2 N–H and O–H groups in total. The third-order valence-corrected chi connectivity index (χ3v) is 7.98. The predicted octanol–water partition coefficient (Wildman–Crippen LogP) is 3.13. The summed E-state index contributed by atoms with van der Waals surface area (Å²) in [5.74, 6) is -0.963. The van der Waals surface area contributed by atoms with Gasteiger partial charge in [-0.2, -0.15) is 0 Å². The molecule has 0 bridgehead atoms. The van der Waals surface area contributed by atoms with Gasteiger partial charge in [-0.15, -0.1) is 0 Å². The van der Waals surface area contributed by atoms with Crippen LogP contribution in [0, 0.1) is 0 Å². The first kappa shape index (κ1) is 20.3. The number of nitrogens with one attached hydrogen (secondary N) is 1. The SMILES string of the molecule is C[C@@H]1CN(c2ncc(C(=O)O)s2)CCN1C(=O)Nc1ccc([Si](C)(C)C)cc1. The molecule has 1 fully saturated rings. The fourth-order valence-corrected chi connectivity index (χ4v) is 5.15. The number of aromatic carboxylic acids is 1. The Morgan fingerprint density at radius 2 is 1.89 bits per heavy atom. The summed E-state index contributed by atoms with van der Waals surface area (Å²) in [7, 11) is -1.36. The highest BCUT2D eigenvalue weighted by Crippen LogP contribution is 2.25. The minimum absolute atomic E-state index is 0.00724. The standard InChI is InChI=1S/C19H26N4O3SSi/c1-13-12-22(19-20-11-16(27-19)17(24)25)9-10-23(13)18(26)21-14-5-7-15(8-6-14)28(2,3)4/h5-8,11,13H,9-10,12H2,1-4H3,(H,21,26)(H,24,25)/t13-/m1/s1. The van der Waals surface area contributed by atoms with E-state index < -0.39 is 14.0 Å². The Hall–Kier alpha value is -2.39. The van der Waals surface area contributed by atoms with Crippen LogP contribution in [0.2, 0.25) is 19.6 Å². The van der Waals surface area contributed by atoms with E-state index in [1.807, 2.05) is 28.9 Å². The van der Waals surface area contributed by atoms with E-state index in [1.54, 1.807) is 0 Å². The second kappa shape index (κ2) is 7.92. The first-order valence-corrected chi connectivity index (χ1v) is 13.6. The minimum Gasteiger partial charge on any atom is -0.477 e. The molecule has 0 radical (unpaired) electrons. The number of thiazole rings is 1. The molecule has 1 aromatic carbocycles. The molecule has 1 atom stereocenters. The Morgan fingerprint density at radius 3 is 2.43 bits per heavy atom. The first-order chi connectivity index (χ1) is 13.1. The van der Waals surface area contributed by atoms with Crippen LogP contribution in [0.4, 0.5) is 15.6 Å². The monoisotopic (exact) mass is 418 g/mol. The van der Waals surface area contributed by atoms with Crippen LogP contribution in [-0.2, 0) is 0 Å². The molecule has 0 unspecified atom stereocenters. The van der Waals surface area contributed by atoms with Crippen molar-refractivity contribution in [1.82, 2.24) is 9.88 Å². The van der Waals surface area contributed by atoms with Crippen molar-refractivity contribution in [1.29, 1.82) is 0 Å². The van der Waals surface area contributed by atoms with Crippen molar-refractivity contribution in [3.63, 3.8) is 0 Å². The highest BCUT2D eigenvalue weighted by atomic mass is 32.1. The Kier molecular flexibility index (Phi) is 5.76. The molecule has 1 aliphatic heterocycles. The van der Waals surface area contributed by atoms with Gasteiger partial charge < -0.3 is 20.2 Å². The van der Waals surface area contributed by atoms with Crippen LogP contribution < -0.4 is 15.4 Å². The third-order valence-electron chi connectivity index (χ3n) is 4.87. The Labute approximate surface area is 170 Å². The van der Waals surface area contributed by atoms with Gasteiger partial charge >= 0.3 is 12.0 Å². The van der Waals surface area contributed by atoms with Gasteiger partial charge in [0.05, 0.1) is 14.3 Å². The Morgan fingerprint density at radius 1 is 1.21 bits per heavy atom. The van der Waals surface area contributed by atoms with Crippen LogP contribution in [0.25, 0.3) is 0 Å². The molecule has 0 saturated carbocycles. The van der Waals surface area contributed by atoms with Crippen molar-refractivity contribution in [3.05, 3.63) is 35.3 Å². The largest absolute Gasteiger partial charge is 0.477 e. The molecule has 0 spiro atoms. The van der Waals surface area contributed by atoms with Gasteiger partial charge in [0.25, 0.3) is 0 Å². The van der Waals surface area contributed by atoms with Gasteiger partial charge in [0.1, 0.15) is 4.88 Å². The van der Waals surface area contributed by atoms with Crippen molar-refractivity contribution >= 4 is 47.4 Å². The number of amides is 2. The fourth-order valence-electron chi connectivity index (χ4n) is 3.19. The van der Waals surface area contributed by atoms with E-state index in [-0.39, 0.29) is 17.0 Å². The number of anilines is 2. The van der Waals surface area contributed by atoms with Gasteiger partial charge in [0, 0.05) is 31.4 Å². The van der Waals surface area contributed by atoms with E-state index in [4.69, 9.17) is 5.11 Å². The van der Waals surface area contributed by atoms with Crippen LogP contribution in [0.3, 0.4) is 0 Å². The average molecular weight is 419 g/mol. The van der Waals surface area contributed by atoms with E-state index in [9.17, 15) is 9.59 Å². The summed E-state index contributed by atoms with van der Waals surface area (Å²) in [5, 5.41) is 14.1. The van der Waals surface area contributed by atoms with Crippen LogP contribution in [0.15, 0.2) is 30.5 Å². The summed E-state index contributed by atoms with van der Waals surface area (Å²) in [5.41, 5.74) is 0.799. The molecule has 7 nitrogen and oxygen atoms in total. The number of urea groups is 1. The van der Waals surface area contributed by atoms with Gasteiger partial charge in [-0.25, -0.2) is 14.6 Å². The van der Waals surface area contributed by atoms with Crippen molar-refractivity contribution in [2.75, 3.05) is 29.9 Å². The first-order valence-electron chi connectivity index (χ1n) is 9.27. The number of carboxylic acid groups (broad SMARTS) is 1. The van der Waals surface area contributed by atoms with E-state index in [0.717, 1.165) is 17.0 Å². The maximum absolute atomic E-state index is 12.7. The summed E-state index contributed by atoms with van der Waals surface area (Å²) < 4.78 is 0. The zero-order valence-corrected chi connectivity index (χ0v) is 18.4. The smallest absolute Gasteiger partial charge is 0.347 e.